The fourth-order valence-corrected chi connectivity index (χ4v) is 5.03. The highest BCUT2D eigenvalue weighted by molar-refractivity contribution is 5.82. The number of pyridine rings is 1. The van der Waals surface area contributed by atoms with Crippen LogP contribution in [0.25, 0.3) is 22.2 Å². The first-order valence-electron chi connectivity index (χ1n) is 13.2. The number of fused-ring (bicyclic) bond motifs is 1. The zero-order chi connectivity index (χ0) is 25.8. The molecule has 1 aromatic carbocycles. The molecular weight excluding hydrogens is 470 g/mol. The molecule has 0 unspecified atom stereocenters. The number of ether oxygens (including phenoxy) is 1. The largest absolute Gasteiger partial charge is 0.381 e. The number of hydrazine groups is 1. The average Bonchev–Trinajstić information content (AvgIpc) is 2.93. The average molecular weight is 506 g/mol. The number of aryl methyl sites for hydroxylation is 1. The molecule has 0 aliphatic carbocycles. The van der Waals surface area contributed by atoms with E-state index in [9.17, 15) is 9.59 Å². The quantitative estimate of drug-likeness (QED) is 0.530. The minimum Gasteiger partial charge on any atom is -0.381 e. The summed E-state index contributed by atoms with van der Waals surface area (Å²) in [4.78, 5) is 37.4. The van der Waals surface area contributed by atoms with Gasteiger partial charge in [-0.2, -0.15) is 4.98 Å². The van der Waals surface area contributed by atoms with Crippen molar-refractivity contribution in [3.63, 3.8) is 0 Å². The van der Waals surface area contributed by atoms with Crippen molar-refractivity contribution in [2.45, 2.75) is 39.2 Å². The number of piperazine rings is 1. The van der Waals surface area contributed by atoms with E-state index >= 15 is 0 Å². The lowest BCUT2D eigenvalue weighted by Gasteiger charge is -2.34. The number of benzene rings is 1. The molecule has 2 aliphatic rings. The van der Waals surface area contributed by atoms with Crippen molar-refractivity contribution in [3.05, 3.63) is 52.4 Å². The molecule has 5 rings (SSSR count). The van der Waals surface area contributed by atoms with Crippen LogP contribution in [-0.2, 0) is 4.74 Å². The van der Waals surface area contributed by atoms with Crippen LogP contribution in [0.15, 0.2) is 41.3 Å². The SMILES string of the molecule is CCCNC(=O)N1CCN(Nc2ncc3cc(-c4ccccc4C)c(=O)n(C4CCOCC4)c3n2)CC1. The Bertz CT molecular complexity index is 1310. The Morgan fingerprint density at radius 2 is 1.86 bits per heavy atom. The molecule has 4 heterocycles. The van der Waals surface area contributed by atoms with Crippen molar-refractivity contribution in [1.29, 1.82) is 0 Å². The summed E-state index contributed by atoms with van der Waals surface area (Å²) in [5, 5.41) is 5.77. The van der Waals surface area contributed by atoms with Gasteiger partial charge in [0.05, 0.1) is 0 Å². The Balaban J connectivity index is 1.43. The molecule has 0 saturated carbocycles. The van der Waals surface area contributed by atoms with E-state index in [1.54, 1.807) is 6.20 Å². The fraction of sp³-hybridized carbons (Fsp3) is 0.481. The molecule has 0 bridgehead atoms. The fourth-order valence-electron chi connectivity index (χ4n) is 5.03. The van der Waals surface area contributed by atoms with Crippen molar-refractivity contribution in [3.8, 4) is 11.1 Å². The Kier molecular flexibility index (Phi) is 7.66. The highest BCUT2D eigenvalue weighted by Gasteiger charge is 2.24. The van der Waals surface area contributed by atoms with Crippen molar-refractivity contribution >= 4 is 23.0 Å². The molecule has 2 amide bonds. The van der Waals surface area contributed by atoms with Gasteiger partial charge in [-0.1, -0.05) is 31.2 Å². The van der Waals surface area contributed by atoms with E-state index in [2.05, 4.69) is 15.7 Å². The van der Waals surface area contributed by atoms with E-state index < -0.39 is 0 Å². The number of amides is 2. The molecule has 2 aliphatic heterocycles. The zero-order valence-corrected chi connectivity index (χ0v) is 21.6. The van der Waals surface area contributed by atoms with E-state index in [4.69, 9.17) is 9.72 Å². The minimum atomic E-state index is -0.0370. The zero-order valence-electron chi connectivity index (χ0n) is 21.6. The second kappa shape index (κ2) is 11.3. The molecule has 0 radical (unpaired) electrons. The molecule has 10 nitrogen and oxygen atoms in total. The molecule has 2 saturated heterocycles. The standard InChI is InChI=1S/C27H35N7O3/c1-3-10-28-27(36)32-11-13-33(14-12-32)31-26-29-18-20-17-23(22-7-5-4-6-19(22)2)25(35)34(24(20)30-26)21-8-15-37-16-9-21/h4-7,17-18,21H,3,8-16H2,1-2H3,(H,28,36)(H,29,30,31). The van der Waals surface area contributed by atoms with Crippen LogP contribution < -0.4 is 16.3 Å². The molecule has 10 heteroatoms. The Labute approximate surface area is 216 Å². The Hall–Kier alpha value is -3.50. The van der Waals surface area contributed by atoms with Crippen LogP contribution in [0.4, 0.5) is 10.7 Å². The maximum absolute atomic E-state index is 13.9. The third-order valence-electron chi connectivity index (χ3n) is 7.12. The maximum Gasteiger partial charge on any atom is 0.317 e. The number of rotatable bonds is 6. The lowest BCUT2D eigenvalue weighted by Crippen LogP contribution is -2.53. The van der Waals surface area contributed by atoms with Gasteiger partial charge in [0, 0.05) is 69.1 Å². The van der Waals surface area contributed by atoms with Crippen LogP contribution in [0.5, 0.6) is 0 Å². The summed E-state index contributed by atoms with van der Waals surface area (Å²) >= 11 is 0. The monoisotopic (exact) mass is 505 g/mol. The van der Waals surface area contributed by atoms with E-state index in [0.29, 0.717) is 63.1 Å². The van der Waals surface area contributed by atoms with E-state index in [1.165, 1.54) is 0 Å². The second-order valence-corrected chi connectivity index (χ2v) is 9.68. The molecule has 37 heavy (non-hydrogen) atoms. The van der Waals surface area contributed by atoms with E-state index in [-0.39, 0.29) is 17.6 Å². The smallest absolute Gasteiger partial charge is 0.317 e. The van der Waals surface area contributed by atoms with Crippen LogP contribution >= 0.6 is 0 Å². The van der Waals surface area contributed by atoms with Gasteiger partial charge >= 0.3 is 6.03 Å². The van der Waals surface area contributed by atoms with Gasteiger partial charge in [0.15, 0.2) is 0 Å². The first kappa shape index (κ1) is 25.2. The van der Waals surface area contributed by atoms with Gasteiger partial charge in [0.25, 0.3) is 5.56 Å². The van der Waals surface area contributed by atoms with Crippen LogP contribution in [0.3, 0.4) is 0 Å². The number of aromatic nitrogens is 3. The number of carbonyl (C=O) groups is 1. The first-order chi connectivity index (χ1) is 18.0. The minimum absolute atomic E-state index is 0.0145. The van der Waals surface area contributed by atoms with E-state index in [1.807, 2.05) is 58.7 Å². The molecule has 3 aromatic rings. The van der Waals surface area contributed by atoms with Crippen LogP contribution in [0, 0.1) is 6.92 Å². The Morgan fingerprint density at radius 1 is 1.11 bits per heavy atom. The summed E-state index contributed by atoms with van der Waals surface area (Å²) in [5.41, 5.74) is 6.53. The van der Waals surface area contributed by atoms with Gasteiger partial charge in [-0.3, -0.25) is 14.8 Å². The van der Waals surface area contributed by atoms with Crippen molar-refractivity contribution in [1.82, 2.24) is 29.8 Å². The van der Waals surface area contributed by atoms with Crippen molar-refractivity contribution in [2.75, 3.05) is 51.4 Å². The number of nitrogens with zero attached hydrogens (tertiary/aromatic N) is 5. The van der Waals surface area contributed by atoms with Gasteiger partial charge in [-0.05, 0) is 43.4 Å². The van der Waals surface area contributed by atoms with Gasteiger partial charge < -0.3 is 15.0 Å². The number of nitrogens with one attached hydrogen (secondary N) is 2. The normalized spacial score (nSPS) is 17.2. The number of urea groups is 1. The lowest BCUT2D eigenvalue weighted by atomic mass is 10.00. The summed E-state index contributed by atoms with van der Waals surface area (Å²) in [6, 6.07) is 9.86. The molecular formula is C27H35N7O3. The number of hydrogen-bond donors (Lipinski definition) is 2. The third-order valence-corrected chi connectivity index (χ3v) is 7.12. The Morgan fingerprint density at radius 3 is 2.59 bits per heavy atom. The van der Waals surface area contributed by atoms with Gasteiger partial charge in [-0.25, -0.2) is 14.8 Å². The van der Waals surface area contributed by atoms with Crippen LogP contribution in [-0.4, -0.2) is 76.4 Å². The topological polar surface area (TPSA) is 105 Å². The van der Waals surface area contributed by atoms with Crippen LogP contribution in [0.2, 0.25) is 0 Å². The molecule has 0 atom stereocenters. The molecule has 0 spiro atoms. The van der Waals surface area contributed by atoms with Crippen LogP contribution in [0.1, 0.15) is 37.8 Å². The van der Waals surface area contributed by atoms with Gasteiger partial charge in [0.2, 0.25) is 5.95 Å². The maximum atomic E-state index is 13.9. The first-order valence-corrected chi connectivity index (χ1v) is 13.2. The molecule has 2 aromatic heterocycles. The number of hydrogen-bond acceptors (Lipinski definition) is 7. The summed E-state index contributed by atoms with van der Waals surface area (Å²) in [5.74, 6) is 0.445. The summed E-state index contributed by atoms with van der Waals surface area (Å²) in [7, 11) is 0. The second-order valence-electron chi connectivity index (χ2n) is 9.68. The van der Waals surface area contributed by atoms with Gasteiger partial charge in [-0.15, -0.1) is 0 Å². The highest BCUT2D eigenvalue weighted by atomic mass is 16.5. The van der Waals surface area contributed by atoms with Gasteiger partial charge in [0.1, 0.15) is 5.65 Å². The molecule has 196 valence electrons. The molecule has 2 N–H and O–H groups in total. The number of carbonyl (C=O) groups excluding carboxylic acids is 1. The summed E-state index contributed by atoms with van der Waals surface area (Å²) in [6.07, 6.45) is 4.23. The number of anilines is 1. The highest BCUT2D eigenvalue weighted by Crippen LogP contribution is 2.28. The third kappa shape index (κ3) is 5.45. The molecule has 2 fully saturated rings. The predicted molar refractivity (Wildman–Crippen MR) is 144 cm³/mol. The van der Waals surface area contributed by atoms with E-state index in [0.717, 1.165) is 35.8 Å². The lowest BCUT2D eigenvalue weighted by molar-refractivity contribution is 0.0697. The summed E-state index contributed by atoms with van der Waals surface area (Å²) in [6.45, 7) is 8.53. The predicted octanol–water partition coefficient (Wildman–Crippen LogP) is 3.18. The summed E-state index contributed by atoms with van der Waals surface area (Å²) < 4.78 is 7.43. The van der Waals surface area contributed by atoms with Crippen molar-refractivity contribution < 1.29 is 9.53 Å². The van der Waals surface area contributed by atoms with Crippen molar-refractivity contribution in [2.24, 2.45) is 0 Å².